The van der Waals surface area contributed by atoms with Crippen LogP contribution in [-0.4, -0.2) is 38.4 Å². The molecule has 1 aromatic rings. The van der Waals surface area contributed by atoms with E-state index in [0.717, 1.165) is 19.4 Å². The first-order valence-electron chi connectivity index (χ1n) is 7.99. The summed E-state index contributed by atoms with van der Waals surface area (Å²) in [5.41, 5.74) is 0.642. The van der Waals surface area contributed by atoms with E-state index in [1.54, 1.807) is 29.4 Å². The molecule has 0 bridgehead atoms. The average Bonchev–Trinajstić information content (AvgIpc) is 3.04. The molecule has 4 nitrogen and oxygen atoms in total. The normalized spacial score (nSPS) is 24.7. The van der Waals surface area contributed by atoms with E-state index in [1.165, 1.54) is 12.8 Å². The number of hydrogen-bond donors (Lipinski definition) is 1. The van der Waals surface area contributed by atoms with Crippen molar-refractivity contribution in [1.29, 1.82) is 0 Å². The topological polar surface area (TPSA) is 49.4 Å². The van der Waals surface area contributed by atoms with Crippen molar-refractivity contribution in [1.82, 2.24) is 9.62 Å². The van der Waals surface area contributed by atoms with Gasteiger partial charge >= 0.3 is 0 Å². The highest BCUT2D eigenvalue weighted by Crippen LogP contribution is 2.31. The maximum atomic E-state index is 12.8. The largest absolute Gasteiger partial charge is 0.314 e. The Hall–Kier alpha value is -0.620. The van der Waals surface area contributed by atoms with Gasteiger partial charge in [-0.15, -0.1) is 0 Å². The molecule has 6 heteroatoms. The summed E-state index contributed by atoms with van der Waals surface area (Å²) in [6.45, 7) is 4.09. The Kier molecular flexibility index (Phi) is 4.78. The van der Waals surface area contributed by atoms with Crippen LogP contribution in [0.3, 0.4) is 0 Å². The van der Waals surface area contributed by atoms with Gasteiger partial charge in [0.05, 0.1) is 4.90 Å². The van der Waals surface area contributed by atoms with E-state index >= 15 is 0 Å². The predicted molar refractivity (Wildman–Crippen MR) is 88.7 cm³/mol. The van der Waals surface area contributed by atoms with Crippen LogP contribution < -0.4 is 5.32 Å². The van der Waals surface area contributed by atoms with E-state index in [-0.39, 0.29) is 0 Å². The van der Waals surface area contributed by atoms with Crippen molar-refractivity contribution in [3.05, 3.63) is 28.8 Å². The monoisotopic (exact) mass is 342 g/mol. The third-order valence-corrected chi connectivity index (χ3v) is 7.45. The molecule has 2 heterocycles. The van der Waals surface area contributed by atoms with Crippen LogP contribution in [0, 0.1) is 12.8 Å². The zero-order valence-corrected chi connectivity index (χ0v) is 14.5. The second kappa shape index (κ2) is 6.48. The minimum atomic E-state index is -3.43. The van der Waals surface area contributed by atoms with E-state index in [4.69, 9.17) is 11.6 Å². The summed E-state index contributed by atoms with van der Waals surface area (Å²) in [6, 6.07) is 5.67. The number of hydrogen-bond acceptors (Lipinski definition) is 3. The van der Waals surface area contributed by atoms with Crippen LogP contribution in [0.4, 0.5) is 0 Å². The van der Waals surface area contributed by atoms with Crippen molar-refractivity contribution in [2.75, 3.05) is 19.6 Å². The lowest BCUT2D eigenvalue weighted by Gasteiger charge is -2.34. The number of benzene rings is 1. The highest BCUT2D eigenvalue weighted by molar-refractivity contribution is 7.89. The molecule has 1 aromatic carbocycles. The van der Waals surface area contributed by atoms with Gasteiger partial charge in [-0.2, -0.15) is 4.31 Å². The van der Waals surface area contributed by atoms with Crippen LogP contribution >= 0.6 is 11.6 Å². The fraction of sp³-hybridized carbons (Fsp3) is 0.625. The summed E-state index contributed by atoms with van der Waals surface area (Å²) in [4.78, 5) is 0.345. The molecule has 0 aromatic heterocycles. The molecular weight excluding hydrogens is 320 g/mol. The smallest absolute Gasteiger partial charge is 0.243 e. The molecule has 1 atom stereocenters. The van der Waals surface area contributed by atoms with E-state index < -0.39 is 10.0 Å². The van der Waals surface area contributed by atoms with Crippen LogP contribution in [-0.2, 0) is 10.0 Å². The van der Waals surface area contributed by atoms with Gasteiger partial charge in [0.15, 0.2) is 0 Å². The van der Waals surface area contributed by atoms with Crippen LogP contribution in [0.2, 0.25) is 5.02 Å². The zero-order chi connectivity index (χ0) is 15.7. The van der Waals surface area contributed by atoms with Gasteiger partial charge in [-0.05, 0) is 62.8 Å². The summed E-state index contributed by atoms with van der Waals surface area (Å²) in [6.07, 6.45) is 4.35. The first-order chi connectivity index (χ1) is 10.5. The molecule has 1 unspecified atom stereocenters. The van der Waals surface area contributed by atoms with Gasteiger partial charge in [-0.1, -0.05) is 17.7 Å². The van der Waals surface area contributed by atoms with Gasteiger partial charge in [-0.3, -0.25) is 0 Å². The molecule has 1 N–H and O–H groups in total. The average molecular weight is 343 g/mol. The molecule has 2 aliphatic heterocycles. The van der Waals surface area contributed by atoms with Crippen LogP contribution in [0.5, 0.6) is 0 Å². The van der Waals surface area contributed by atoms with Crippen molar-refractivity contribution in [3.8, 4) is 0 Å². The Bertz CT molecular complexity index is 634. The molecule has 122 valence electrons. The summed E-state index contributed by atoms with van der Waals surface area (Å²) in [5, 5.41) is 4.05. The Labute approximate surface area is 137 Å². The first kappa shape index (κ1) is 16.2. The van der Waals surface area contributed by atoms with Crippen molar-refractivity contribution >= 4 is 21.6 Å². The first-order valence-corrected chi connectivity index (χ1v) is 9.80. The van der Waals surface area contributed by atoms with Gasteiger partial charge in [0.2, 0.25) is 10.0 Å². The van der Waals surface area contributed by atoms with Crippen molar-refractivity contribution in [2.45, 2.75) is 43.5 Å². The number of piperidine rings is 1. The highest BCUT2D eigenvalue weighted by atomic mass is 35.5. The van der Waals surface area contributed by atoms with Gasteiger partial charge in [0.1, 0.15) is 0 Å². The number of sulfonamides is 1. The van der Waals surface area contributed by atoms with Gasteiger partial charge in [-0.25, -0.2) is 8.42 Å². The molecule has 0 radical (unpaired) electrons. The fourth-order valence-corrected chi connectivity index (χ4v) is 5.59. The Morgan fingerprint density at radius 3 is 2.59 bits per heavy atom. The quantitative estimate of drug-likeness (QED) is 0.919. The fourth-order valence-electron chi connectivity index (χ4n) is 3.64. The van der Waals surface area contributed by atoms with E-state index in [0.29, 0.717) is 40.5 Å². The third-order valence-electron chi connectivity index (χ3n) is 5.00. The van der Waals surface area contributed by atoms with Gasteiger partial charge in [0.25, 0.3) is 0 Å². The molecule has 0 saturated carbocycles. The second-order valence-corrected chi connectivity index (χ2v) is 8.62. The molecule has 0 spiro atoms. The van der Waals surface area contributed by atoms with Crippen molar-refractivity contribution < 1.29 is 8.42 Å². The summed E-state index contributed by atoms with van der Waals surface area (Å²) >= 11 is 6.08. The second-order valence-electron chi connectivity index (χ2n) is 6.31. The molecule has 2 aliphatic rings. The lowest BCUT2D eigenvalue weighted by Crippen LogP contribution is -2.43. The molecular formula is C16H23ClN2O2S. The van der Waals surface area contributed by atoms with Crippen LogP contribution in [0.15, 0.2) is 23.1 Å². The number of nitrogens with zero attached hydrogens (tertiary/aromatic N) is 1. The molecule has 22 heavy (non-hydrogen) atoms. The van der Waals surface area contributed by atoms with E-state index in [9.17, 15) is 8.42 Å². The lowest BCUT2D eigenvalue weighted by atomic mass is 9.89. The van der Waals surface area contributed by atoms with Gasteiger partial charge in [0, 0.05) is 24.2 Å². The minimum absolute atomic E-state index is 0.345. The summed E-state index contributed by atoms with van der Waals surface area (Å²) < 4.78 is 27.3. The summed E-state index contributed by atoms with van der Waals surface area (Å²) in [7, 11) is -3.43. The Morgan fingerprint density at radius 2 is 1.95 bits per heavy atom. The van der Waals surface area contributed by atoms with Crippen molar-refractivity contribution in [3.63, 3.8) is 0 Å². The van der Waals surface area contributed by atoms with Gasteiger partial charge < -0.3 is 5.32 Å². The molecule has 2 fully saturated rings. The molecule has 0 aliphatic carbocycles. The lowest BCUT2D eigenvalue weighted by molar-refractivity contribution is 0.234. The van der Waals surface area contributed by atoms with E-state index in [2.05, 4.69) is 5.32 Å². The molecule has 2 saturated heterocycles. The Morgan fingerprint density at radius 1 is 1.23 bits per heavy atom. The number of rotatable bonds is 3. The highest BCUT2D eigenvalue weighted by Gasteiger charge is 2.34. The summed E-state index contributed by atoms with van der Waals surface area (Å²) in [5.74, 6) is 0.606. The number of halogens is 1. The number of nitrogens with one attached hydrogen (secondary N) is 1. The maximum Gasteiger partial charge on any atom is 0.243 e. The van der Waals surface area contributed by atoms with Crippen LogP contribution in [0.25, 0.3) is 0 Å². The molecule has 3 rings (SSSR count). The predicted octanol–water partition coefficient (Wildman–Crippen LogP) is 2.80. The van der Waals surface area contributed by atoms with Crippen molar-refractivity contribution in [2.24, 2.45) is 5.92 Å². The maximum absolute atomic E-state index is 12.8. The Balaban J connectivity index is 1.73. The molecule has 0 amide bonds. The minimum Gasteiger partial charge on any atom is -0.314 e. The van der Waals surface area contributed by atoms with E-state index in [1.807, 2.05) is 0 Å². The zero-order valence-electron chi connectivity index (χ0n) is 12.9. The SMILES string of the molecule is Cc1c(Cl)cccc1S(=O)(=O)N1CCC(C2CCCN2)CC1. The van der Waals surface area contributed by atoms with Crippen LogP contribution in [0.1, 0.15) is 31.2 Å². The standard InChI is InChI=1S/C16H23ClN2O2S/c1-12-14(17)4-2-6-16(12)22(20,21)19-10-7-13(8-11-19)15-5-3-9-18-15/h2,4,6,13,15,18H,3,5,7-11H2,1H3. The third kappa shape index (κ3) is 3.04.